The number of ether oxygens (including phenoxy) is 2. The first-order valence-corrected chi connectivity index (χ1v) is 11.2. The lowest BCUT2D eigenvalue weighted by molar-refractivity contribution is 0.0441. The van der Waals surface area contributed by atoms with Crippen LogP contribution in [0.3, 0.4) is 0 Å². The summed E-state index contributed by atoms with van der Waals surface area (Å²) in [5.41, 5.74) is 0.517. The topological polar surface area (TPSA) is 50.8 Å². The number of nitrogens with zero attached hydrogens (tertiary/aromatic N) is 1. The van der Waals surface area contributed by atoms with Gasteiger partial charge in [-0.2, -0.15) is 0 Å². The van der Waals surface area contributed by atoms with Crippen LogP contribution < -0.4 is 14.8 Å². The molecule has 2 aliphatic rings. The number of hydrogen-bond acceptors (Lipinski definition) is 4. The van der Waals surface area contributed by atoms with Crippen molar-refractivity contribution in [1.29, 1.82) is 0 Å². The Morgan fingerprint density at radius 3 is 2.48 bits per heavy atom. The summed E-state index contributed by atoms with van der Waals surface area (Å²) in [6.45, 7) is 12.9. The minimum absolute atomic E-state index is 0.0227. The van der Waals surface area contributed by atoms with E-state index in [1.807, 2.05) is 0 Å². The number of carbonyl (C=O) groups is 1. The summed E-state index contributed by atoms with van der Waals surface area (Å²) in [6.07, 6.45) is 4.67. The maximum absolute atomic E-state index is 13.6. The van der Waals surface area contributed by atoms with Gasteiger partial charge in [-0.25, -0.2) is 0 Å². The molecule has 1 amide bonds. The number of fused-ring (bicyclic) bond motifs is 1. The lowest BCUT2D eigenvalue weighted by Gasteiger charge is -2.49. The molecule has 1 aromatic carbocycles. The largest absolute Gasteiger partial charge is 0.489 e. The van der Waals surface area contributed by atoms with Gasteiger partial charge in [0.2, 0.25) is 0 Å². The normalized spacial score (nSPS) is 20.8. The Hall–Kier alpha value is -1.46. The van der Waals surface area contributed by atoms with Crippen LogP contribution in [-0.2, 0) is 0 Å². The second-order valence-corrected chi connectivity index (χ2v) is 10.0. The summed E-state index contributed by atoms with van der Waals surface area (Å²) < 4.78 is 11.5. The zero-order chi connectivity index (χ0) is 21.2. The SMILES string of the molecule is CCCCN(C(=O)c1cc(Cl)c2c(c1)OCCCO2)C1CC(C)(C)NC(C)(C)C1. The van der Waals surface area contributed by atoms with Crippen LogP contribution in [0.2, 0.25) is 5.02 Å². The molecule has 2 aliphatic heterocycles. The molecule has 2 heterocycles. The zero-order valence-electron chi connectivity index (χ0n) is 18.4. The predicted octanol–water partition coefficient (Wildman–Crippen LogP) is 5.05. The Morgan fingerprint density at radius 2 is 1.83 bits per heavy atom. The van der Waals surface area contributed by atoms with E-state index in [4.69, 9.17) is 21.1 Å². The van der Waals surface area contributed by atoms with Gasteiger partial charge in [0.1, 0.15) is 0 Å². The molecule has 29 heavy (non-hydrogen) atoms. The van der Waals surface area contributed by atoms with Crippen molar-refractivity contribution in [1.82, 2.24) is 10.2 Å². The fourth-order valence-corrected chi connectivity index (χ4v) is 5.05. The first-order chi connectivity index (χ1) is 13.6. The van der Waals surface area contributed by atoms with Crippen molar-refractivity contribution in [3.05, 3.63) is 22.7 Å². The van der Waals surface area contributed by atoms with E-state index < -0.39 is 0 Å². The lowest BCUT2D eigenvalue weighted by Crippen LogP contribution is -2.62. The molecular weight excluding hydrogens is 388 g/mol. The molecule has 1 saturated heterocycles. The summed E-state index contributed by atoms with van der Waals surface area (Å²) in [6, 6.07) is 3.70. The van der Waals surface area contributed by atoms with E-state index in [0.29, 0.717) is 35.3 Å². The lowest BCUT2D eigenvalue weighted by atomic mass is 9.78. The van der Waals surface area contributed by atoms with E-state index in [2.05, 4.69) is 44.8 Å². The number of hydrogen-bond donors (Lipinski definition) is 1. The molecule has 1 N–H and O–H groups in total. The van der Waals surface area contributed by atoms with E-state index in [1.165, 1.54) is 0 Å². The number of rotatable bonds is 5. The van der Waals surface area contributed by atoms with Crippen molar-refractivity contribution < 1.29 is 14.3 Å². The van der Waals surface area contributed by atoms with Crippen LogP contribution in [0.25, 0.3) is 0 Å². The Balaban J connectivity index is 1.92. The Labute approximate surface area is 180 Å². The Morgan fingerprint density at radius 1 is 1.17 bits per heavy atom. The quantitative estimate of drug-likeness (QED) is 0.721. The third kappa shape index (κ3) is 5.37. The van der Waals surface area contributed by atoms with Crippen molar-refractivity contribution in [3.8, 4) is 11.5 Å². The van der Waals surface area contributed by atoms with Gasteiger partial charge in [-0.15, -0.1) is 0 Å². The third-order valence-corrected chi connectivity index (χ3v) is 5.95. The van der Waals surface area contributed by atoms with Crippen molar-refractivity contribution >= 4 is 17.5 Å². The van der Waals surface area contributed by atoms with Gasteiger partial charge in [-0.05, 0) is 59.1 Å². The maximum atomic E-state index is 13.6. The molecule has 0 spiro atoms. The van der Waals surface area contributed by atoms with Gasteiger partial charge in [0, 0.05) is 35.6 Å². The molecule has 0 saturated carbocycles. The highest BCUT2D eigenvalue weighted by molar-refractivity contribution is 6.32. The summed E-state index contributed by atoms with van der Waals surface area (Å²) in [5.74, 6) is 1.14. The highest BCUT2D eigenvalue weighted by Crippen LogP contribution is 2.39. The molecule has 0 aromatic heterocycles. The van der Waals surface area contributed by atoms with Gasteiger partial charge in [-0.3, -0.25) is 4.79 Å². The molecule has 1 aromatic rings. The fourth-order valence-electron chi connectivity index (χ4n) is 4.79. The van der Waals surface area contributed by atoms with E-state index in [-0.39, 0.29) is 23.0 Å². The van der Waals surface area contributed by atoms with Crippen LogP contribution in [0.1, 0.15) is 77.1 Å². The molecule has 3 rings (SSSR count). The third-order valence-electron chi connectivity index (χ3n) is 5.67. The summed E-state index contributed by atoms with van der Waals surface area (Å²) >= 11 is 6.46. The first-order valence-electron chi connectivity index (χ1n) is 10.8. The molecule has 162 valence electrons. The second-order valence-electron chi connectivity index (χ2n) is 9.64. The standard InChI is InChI=1S/C23H35ClN2O3/c1-6-7-9-26(17-14-22(2,3)25-23(4,5)15-17)21(27)16-12-18(24)20-19(13-16)28-10-8-11-29-20/h12-13,17,25H,6-11,14-15H2,1-5H3. The molecule has 1 fully saturated rings. The van der Waals surface area contributed by atoms with Gasteiger partial charge in [0.15, 0.2) is 11.5 Å². The van der Waals surface area contributed by atoms with Gasteiger partial charge in [-0.1, -0.05) is 24.9 Å². The second kappa shape index (κ2) is 8.73. The van der Waals surface area contributed by atoms with E-state index in [0.717, 1.165) is 38.6 Å². The van der Waals surface area contributed by atoms with E-state index in [1.54, 1.807) is 12.1 Å². The van der Waals surface area contributed by atoms with Crippen LogP contribution in [0, 0.1) is 0 Å². The smallest absolute Gasteiger partial charge is 0.254 e. The van der Waals surface area contributed by atoms with Crippen molar-refractivity contribution in [2.24, 2.45) is 0 Å². The van der Waals surface area contributed by atoms with Crippen LogP contribution >= 0.6 is 11.6 Å². The molecule has 0 aliphatic carbocycles. The molecule has 5 nitrogen and oxygen atoms in total. The van der Waals surface area contributed by atoms with Gasteiger partial charge in [0.25, 0.3) is 5.91 Å². The number of benzene rings is 1. The maximum Gasteiger partial charge on any atom is 0.254 e. The molecule has 0 bridgehead atoms. The molecular formula is C23H35ClN2O3. The number of nitrogens with one attached hydrogen (secondary N) is 1. The van der Waals surface area contributed by atoms with Crippen molar-refractivity contribution in [2.45, 2.75) is 83.8 Å². The minimum Gasteiger partial charge on any atom is -0.489 e. The molecule has 0 unspecified atom stereocenters. The summed E-state index contributed by atoms with van der Waals surface area (Å²) in [7, 11) is 0. The average Bonchev–Trinajstić information content (AvgIpc) is 2.85. The van der Waals surface area contributed by atoms with Crippen LogP contribution in [-0.4, -0.2) is 47.7 Å². The van der Waals surface area contributed by atoms with Crippen LogP contribution in [0.15, 0.2) is 12.1 Å². The van der Waals surface area contributed by atoms with Crippen LogP contribution in [0.5, 0.6) is 11.5 Å². The fraction of sp³-hybridized carbons (Fsp3) is 0.696. The Kier molecular flexibility index (Phi) is 6.69. The number of unbranched alkanes of at least 4 members (excludes halogenated alkanes) is 1. The number of carbonyl (C=O) groups excluding carboxylic acids is 1. The number of halogens is 1. The number of piperidine rings is 1. The zero-order valence-corrected chi connectivity index (χ0v) is 19.2. The number of amides is 1. The van der Waals surface area contributed by atoms with Crippen molar-refractivity contribution in [3.63, 3.8) is 0 Å². The van der Waals surface area contributed by atoms with Crippen LogP contribution in [0.4, 0.5) is 0 Å². The first kappa shape index (κ1) is 22.2. The highest BCUT2D eigenvalue weighted by Gasteiger charge is 2.41. The molecule has 6 heteroatoms. The van der Waals surface area contributed by atoms with E-state index in [9.17, 15) is 4.79 Å². The predicted molar refractivity (Wildman–Crippen MR) is 117 cm³/mol. The van der Waals surface area contributed by atoms with Gasteiger partial charge >= 0.3 is 0 Å². The minimum atomic E-state index is -0.0282. The van der Waals surface area contributed by atoms with Crippen molar-refractivity contribution in [2.75, 3.05) is 19.8 Å². The van der Waals surface area contributed by atoms with E-state index >= 15 is 0 Å². The Bertz CT molecular complexity index is 732. The molecule has 0 radical (unpaired) electrons. The average molecular weight is 423 g/mol. The highest BCUT2D eigenvalue weighted by atomic mass is 35.5. The molecule has 0 atom stereocenters. The van der Waals surface area contributed by atoms with Gasteiger partial charge in [0.05, 0.1) is 18.2 Å². The summed E-state index contributed by atoms with van der Waals surface area (Å²) in [5, 5.41) is 4.15. The summed E-state index contributed by atoms with van der Waals surface area (Å²) in [4.78, 5) is 15.7. The monoisotopic (exact) mass is 422 g/mol. The van der Waals surface area contributed by atoms with Gasteiger partial charge < -0.3 is 19.7 Å².